The fraction of sp³-hybridized carbons (Fsp3) is 0.438. The number of phenols is 1. The minimum absolute atomic E-state index is 0.0328. The standard InChI is InChI=1S/C16H21BrN2O7S/c1-5-25-16(21)14-12(8-26-27(22,23)24)19(4)11-6-10(17)15(20)9(13(11)14)7-18(2)3/h6,20H,5,7-8H2,1-4H3,(H,22,23,24). The molecule has 1 heterocycles. The molecule has 2 rings (SSSR count). The van der Waals surface area contributed by atoms with Gasteiger partial charge in [0.1, 0.15) is 12.4 Å². The van der Waals surface area contributed by atoms with E-state index in [1.54, 1.807) is 24.6 Å². The molecule has 150 valence electrons. The first kappa shape index (κ1) is 21.6. The number of aromatic hydroxyl groups is 1. The van der Waals surface area contributed by atoms with Gasteiger partial charge in [0.15, 0.2) is 0 Å². The molecule has 0 atom stereocenters. The Balaban J connectivity index is 2.86. The normalized spacial score (nSPS) is 12.1. The molecule has 0 fully saturated rings. The molecular formula is C16H21BrN2O7S. The van der Waals surface area contributed by atoms with Gasteiger partial charge in [0, 0.05) is 24.5 Å². The van der Waals surface area contributed by atoms with E-state index in [2.05, 4.69) is 20.1 Å². The molecule has 11 heteroatoms. The van der Waals surface area contributed by atoms with Crippen LogP contribution in [0.25, 0.3) is 10.9 Å². The Morgan fingerprint density at radius 1 is 1.37 bits per heavy atom. The average molecular weight is 465 g/mol. The number of carbonyl (C=O) groups excluding carboxylic acids is 1. The summed E-state index contributed by atoms with van der Waals surface area (Å²) in [6.45, 7) is 1.50. The Morgan fingerprint density at radius 3 is 2.52 bits per heavy atom. The summed E-state index contributed by atoms with van der Waals surface area (Å²) in [7, 11) is 0.527. The van der Waals surface area contributed by atoms with Gasteiger partial charge in [0.25, 0.3) is 0 Å². The first-order chi connectivity index (χ1) is 12.5. The van der Waals surface area contributed by atoms with Gasteiger partial charge in [-0.05, 0) is 43.0 Å². The number of benzene rings is 1. The van der Waals surface area contributed by atoms with Crippen LogP contribution in [0.5, 0.6) is 5.75 Å². The number of rotatable bonds is 7. The maximum atomic E-state index is 12.6. The van der Waals surface area contributed by atoms with E-state index in [0.29, 0.717) is 27.5 Å². The molecule has 0 radical (unpaired) electrons. The zero-order valence-corrected chi connectivity index (χ0v) is 17.7. The van der Waals surface area contributed by atoms with Gasteiger partial charge in [0.2, 0.25) is 0 Å². The van der Waals surface area contributed by atoms with E-state index in [4.69, 9.17) is 9.29 Å². The maximum absolute atomic E-state index is 12.6. The molecule has 2 N–H and O–H groups in total. The van der Waals surface area contributed by atoms with Gasteiger partial charge in [-0.3, -0.25) is 4.55 Å². The maximum Gasteiger partial charge on any atom is 0.397 e. The number of hydrogen-bond acceptors (Lipinski definition) is 7. The minimum atomic E-state index is -4.71. The molecule has 0 saturated heterocycles. The van der Waals surface area contributed by atoms with Crippen LogP contribution in [-0.2, 0) is 39.5 Å². The molecule has 0 unspecified atom stereocenters. The van der Waals surface area contributed by atoms with Gasteiger partial charge in [0.05, 0.1) is 27.9 Å². The highest BCUT2D eigenvalue weighted by Crippen LogP contribution is 2.40. The smallest absolute Gasteiger partial charge is 0.397 e. The SMILES string of the molecule is CCOC(=O)c1c(COS(=O)(=O)O)n(C)c2cc(Br)c(O)c(CN(C)C)c12. The number of ether oxygens (including phenoxy) is 1. The summed E-state index contributed by atoms with van der Waals surface area (Å²) in [6, 6.07) is 1.61. The second-order valence-electron chi connectivity index (χ2n) is 6.11. The fourth-order valence-corrected chi connectivity index (χ4v) is 3.59. The molecule has 2 aromatic rings. The topological polar surface area (TPSA) is 118 Å². The number of aryl methyl sites for hydroxylation is 1. The minimum Gasteiger partial charge on any atom is -0.506 e. The molecule has 0 aliphatic heterocycles. The van der Waals surface area contributed by atoms with Gasteiger partial charge >= 0.3 is 16.4 Å². The molecule has 9 nitrogen and oxygen atoms in total. The summed E-state index contributed by atoms with van der Waals surface area (Å²) in [5, 5.41) is 11.0. The van der Waals surface area contributed by atoms with Crippen LogP contribution in [0.2, 0.25) is 0 Å². The Bertz CT molecular complexity index is 983. The lowest BCUT2D eigenvalue weighted by Gasteiger charge is -2.15. The number of phenolic OH excluding ortho intramolecular Hbond substituents is 1. The van der Waals surface area contributed by atoms with E-state index < -0.39 is 23.0 Å². The number of fused-ring (bicyclic) bond motifs is 1. The molecule has 0 saturated carbocycles. The van der Waals surface area contributed by atoms with E-state index in [9.17, 15) is 18.3 Å². The Labute approximate surface area is 165 Å². The van der Waals surface area contributed by atoms with Gasteiger partial charge in [-0.2, -0.15) is 8.42 Å². The van der Waals surface area contributed by atoms with Crippen molar-refractivity contribution in [3.8, 4) is 5.75 Å². The predicted molar refractivity (Wildman–Crippen MR) is 102 cm³/mol. The van der Waals surface area contributed by atoms with Crippen molar-refractivity contribution in [2.24, 2.45) is 7.05 Å². The summed E-state index contributed by atoms with van der Waals surface area (Å²) in [5.74, 6) is -0.714. The molecule has 0 amide bonds. The molecule has 0 aliphatic carbocycles. The molecule has 1 aromatic heterocycles. The van der Waals surface area contributed by atoms with E-state index in [-0.39, 0.29) is 23.6 Å². The van der Waals surface area contributed by atoms with Gasteiger partial charge in [-0.15, -0.1) is 0 Å². The first-order valence-corrected chi connectivity index (χ1v) is 10.1. The van der Waals surface area contributed by atoms with E-state index in [0.717, 1.165) is 0 Å². The van der Waals surface area contributed by atoms with Crippen molar-refractivity contribution < 1.29 is 31.8 Å². The van der Waals surface area contributed by atoms with Crippen LogP contribution < -0.4 is 0 Å². The summed E-state index contributed by atoms with van der Waals surface area (Å²) >= 11 is 3.30. The molecule has 0 aliphatic rings. The van der Waals surface area contributed by atoms with Crippen LogP contribution in [0, 0.1) is 0 Å². The lowest BCUT2D eigenvalue weighted by Crippen LogP contribution is -2.14. The van der Waals surface area contributed by atoms with Crippen molar-refractivity contribution in [1.82, 2.24) is 9.47 Å². The summed E-state index contributed by atoms with van der Waals surface area (Å²) in [4.78, 5) is 14.5. The van der Waals surface area contributed by atoms with Crippen LogP contribution in [0.3, 0.4) is 0 Å². The quantitative estimate of drug-likeness (QED) is 0.472. The van der Waals surface area contributed by atoms with Gasteiger partial charge in [-0.25, -0.2) is 8.98 Å². The first-order valence-electron chi connectivity index (χ1n) is 7.93. The van der Waals surface area contributed by atoms with Crippen molar-refractivity contribution in [2.45, 2.75) is 20.1 Å². The number of nitrogens with zero attached hydrogens (tertiary/aromatic N) is 2. The van der Waals surface area contributed by atoms with Crippen molar-refractivity contribution >= 4 is 43.2 Å². The fourth-order valence-electron chi connectivity index (χ4n) is 2.87. The summed E-state index contributed by atoms with van der Waals surface area (Å²) in [5.41, 5.74) is 1.31. The average Bonchev–Trinajstić information content (AvgIpc) is 2.81. The molecular weight excluding hydrogens is 444 g/mol. The molecule has 1 aromatic carbocycles. The van der Waals surface area contributed by atoms with Crippen LogP contribution in [0.1, 0.15) is 28.5 Å². The van der Waals surface area contributed by atoms with Crippen LogP contribution in [0.15, 0.2) is 10.5 Å². The predicted octanol–water partition coefficient (Wildman–Crippen LogP) is 2.20. The molecule has 0 spiro atoms. The number of carbonyl (C=O) groups is 1. The lowest BCUT2D eigenvalue weighted by atomic mass is 10.0. The molecule has 0 bridgehead atoms. The van der Waals surface area contributed by atoms with Crippen molar-refractivity contribution in [3.05, 3.63) is 27.4 Å². The largest absolute Gasteiger partial charge is 0.506 e. The van der Waals surface area contributed by atoms with Crippen molar-refractivity contribution in [3.63, 3.8) is 0 Å². The monoisotopic (exact) mass is 464 g/mol. The van der Waals surface area contributed by atoms with Crippen LogP contribution in [0.4, 0.5) is 0 Å². The van der Waals surface area contributed by atoms with E-state index in [1.165, 1.54) is 0 Å². The second-order valence-corrected chi connectivity index (χ2v) is 8.05. The van der Waals surface area contributed by atoms with E-state index >= 15 is 0 Å². The third-order valence-corrected chi connectivity index (χ3v) is 4.96. The Kier molecular flexibility index (Phi) is 6.53. The number of aromatic nitrogens is 1. The Morgan fingerprint density at radius 2 is 2.00 bits per heavy atom. The highest BCUT2D eigenvalue weighted by atomic mass is 79.9. The van der Waals surface area contributed by atoms with Crippen molar-refractivity contribution in [1.29, 1.82) is 0 Å². The third kappa shape index (κ3) is 4.61. The van der Waals surface area contributed by atoms with Crippen LogP contribution >= 0.6 is 15.9 Å². The highest BCUT2D eigenvalue weighted by molar-refractivity contribution is 9.10. The lowest BCUT2D eigenvalue weighted by molar-refractivity contribution is 0.0524. The second kappa shape index (κ2) is 8.15. The van der Waals surface area contributed by atoms with Gasteiger partial charge in [-0.1, -0.05) is 0 Å². The third-order valence-electron chi connectivity index (χ3n) is 3.94. The number of hydrogen-bond donors (Lipinski definition) is 2. The highest BCUT2D eigenvalue weighted by Gasteiger charge is 2.28. The van der Waals surface area contributed by atoms with Crippen molar-refractivity contribution in [2.75, 3.05) is 20.7 Å². The molecule has 27 heavy (non-hydrogen) atoms. The summed E-state index contributed by atoms with van der Waals surface area (Å²) in [6.07, 6.45) is 0. The van der Waals surface area contributed by atoms with Gasteiger partial charge < -0.3 is 19.3 Å². The van der Waals surface area contributed by atoms with E-state index in [1.807, 2.05) is 19.0 Å². The number of esters is 1. The van der Waals surface area contributed by atoms with Crippen LogP contribution in [-0.4, -0.2) is 54.2 Å². The number of halogens is 1. The summed E-state index contributed by atoms with van der Waals surface area (Å²) < 4.78 is 42.5. The zero-order chi connectivity index (χ0) is 20.5. The Hall–Kier alpha value is -1.66. The zero-order valence-electron chi connectivity index (χ0n) is 15.3.